The van der Waals surface area contributed by atoms with E-state index >= 15 is 0 Å². The molecule has 2 aromatic carbocycles. The fourth-order valence-electron chi connectivity index (χ4n) is 3.67. The molecule has 0 saturated heterocycles. The summed E-state index contributed by atoms with van der Waals surface area (Å²) < 4.78 is 12.9. The molecule has 2 rings (SSSR count). The molecule has 0 fully saturated rings. The Morgan fingerprint density at radius 1 is 1.00 bits per heavy atom. The van der Waals surface area contributed by atoms with Gasteiger partial charge in [-0.15, -0.1) is 0 Å². The van der Waals surface area contributed by atoms with Gasteiger partial charge in [0.1, 0.15) is 6.04 Å². The van der Waals surface area contributed by atoms with Crippen molar-refractivity contribution in [1.82, 2.24) is 9.99 Å². The smallest absolute Gasteiger partial charge is 0.403 e. The lowest BCUT2D eigenvalue weighted by Gasteiger charge is -2.32. The number of rotatable bonds is 12. The first kappa shape index (κ1) is 26.7. The molecule has 0 bridgehead atoms. The predicted octanol–water partition coefficient (Wildman–Crippen LogP) is 3.68. The minimum Gasteiger partial charge on any atom is -0.480 e. The zero-order valence-electron chi connectivity index (χ0n) is 19.2. The SMILES string of the molecule is CCCN([C@@H](CC(C)C)C(=O)N[C@@H](Cc1ccc(-c2ccccc2)cc1)C(=O)O)P(=O)(O)O. The van der Waals surface area contributed by atoms with Crippen LogP contribution in [0.3, 0.4) is 0 Å². The summed E-state index contributed by atoms with van der Waals surface area (Å²) >= 11 is 0. The topological polar surface area (TPSA) is 127 Å². The molecule has 33 heavy (non-hydrogen) atoms. The van der Waals surface area contributed by atoms with Crippen LogP contribution in [0.4, 0.5) is 0 Å². The number of hydrogen-bond acceptors (Lipinski definition) is 3. The van der Waals surface area contributed by atoms with Gasteiger partial charge >= 0.3 is 13.7 Å². The number of aliphatic carboxylic acids is 1. The molecule has 4 N–H and O–H groups in total. The van der Waals surface area contributed by atoms with E-state index < -0.39 is 31.7 Å². The lowest BCUT2D eigenvalue weighted by Crippen LogP contribution is -2.52. The van der Waals surface area contributed by atoms with Crippen molar-refractivity contribution < 1.29 is 29.0 Å². The molecule has 0 unspecified atom stereocenters. The van der Waals surface area contributed by atoms with Crippen molar-refractivity contribution in [2.24, 2.45) is 5.92 Å². The summed E-state index contributed by atoms with van der Waals surface area (Å²) in [5.74, 6) is -1.94. The highest BCUT2D eigenvalue weighted by Crippen LogP contribution is 2.43. The third kappa shape index (κ3) is 8.09. The summed E-state index contributed by atoms with van der Waals surface area (Å²) in [6, 6.07) is 14.8. The summed E-state index contributed by atoms with van der Waals surface area (Å²) in [5.41, 5.74) is 2.75. The standard InChI is InChI=1S/C24H33N2O6P/c1-4-14-26(33(30,31)32)22(15-17(2)3)23(27)25-21(24(28)29)16-18-10-12-20(13-11-18)19-8-6-5-7-9-19/h5-13,17,21-22H,4,14-16H2,1-3H3,(H,25,27)(H,28,29)(H2,30,31,32)/t21-,22-/m0/s1. The lowest BCUT2D eigenvalue weighted by molar-refractivity contribution is -0.142. The molecule has 0 aliphatic heterocycles. The van der Waals surface area contributed by atoms with Gasteiger partial charge in [0.25, 0.3) is 0 Å². The Labute approximate surface area is 194 Å². The molecule has 0 radical (unpaired) electrons. The van der Waals surface area contributed by atoms with E-state index in [0.29, 0.717) is 6.42 Å². The quantitative estimate of drug-likeness (QED) is 0.344. The molecule has 2 atom stereocenters. The van der Waals surface area contributed by atoms with Gasteiger partial charge in [-0.05, 0) is 35.4 Å². The number of carboxylic acid groups (broad SMARTS) is 1. The number of amides is 1. The van der Waals surface area contributed by atoms with Gasteiger partial charge in [-0.3, -0.25) is 4.79 Å². The molecule has 0 aromatic heterocycles. The van der Waals surface area contributed by atoms with Crippen molar-refractivity contribution in [1.29, 1.82) is 0 Å². The van der Waals surface area contributed by atoms with Gasteiger partial charge in [0, 0.05) is 13.0 Å². The second kappa shape index (κ2) is 12.1. The van der Waals surface area contributed by atoms with Crippen LogP contribution in [0.15, 0.2) is 54.6 Å². The first-order valence-electron chi connectivity index (χ1n) is 11.0. The normalized spacial score (nSPS) is 13.7. The Hall–Kier alpha value is -2.51. The maximum absolute atomic E-state index is 13.0. The second-order valence-electron chi connectivity index (χ2n) is 8.49. The first-order valence-corrected chi connectivity index (χ1v) is 12.6. The van der Waals surface area contributed by atoms with E-state index in [1.54, 1.807) is 6.92 Å². The molecule has 0 saturated carbocycles. The third-order valence-corrected chi connectivity index (χ3v) is 6.41. The first-order chi connectivity index (χ1) is 15.5. The van der Waals surface area contributed by atoms with Gasteiger partial charge in [-0.25, -0.2) is 9.36 Å². The Kier molecular flexibility index (Phi) is 9.80. The van der Waals surface area contributed by atoms with E-state index in [1.165, 1.54) is 0 Å². The van der Waals surface area contributed by atoms with E-state index in [2.05, 4.69) is 5.32 Å². The van der Waals surface area contributed by atoms with Crippen molar-refractivity contribution in [3.05, 3.63) is 60.2 Å². The van der Waals surface area contributed by atoms with Crippen LogP contribution in [0.1, 0.15) is 39.2 Å². The van der Waals surface area contributed by atoms with E-state index in [0.717, 1.165) is 21.4 Å². The number of nitrogens with zero attached hydrogens (tertiary/aromatic N) is 1. The molecule has 2 aromatic rings. The van der Waals surface area contributed by atoms with Gasteiger partial charge in [0.2, 0.25) is 5.91 Å². The van der Waals surface area contributed by atoms with Crippen molar-refractivity contribution in [3.8, 4) is 11.1 Å². The molecule has 1 amide bonds. The summed E-state index contributed by atoms with van der Waals surface area (Å²) in [4.78, 5) is 44.5. The van der Waals surface area contributed by atoms with Crippen molar-refractivity contribution in [3.63, 3.8) is 0 Å². The van der Waals surface area contributed by atoms with Crippen LogP contribution >= 0.6 is 7.75 Å². The van der Waals surface area contributed by atoms with Crippen molar-refractivity contribution >= 4 is 19.6 Å². The zero-order valence-corrected chi connectivity index (χ0v) is 20.1. The molecule has 0 aliphatic carbocycles. The summed E-state index contributed by atoms with van der Waals surface area (Å²) in [6.07, 6.45) is 0.673. The highest BCUT2D eigenvalue weighted by Gasteiger charge is 2.38. The Morgan fingerprint density at radius 2 is 1.58 bits per heavy atom. The third-order valence-electron chi connectivity index (χ3n) is 5.26. The van der Waals surface area contributed by atoms with Gasteiger partial charge in [0.15, 0.2) is 0 Å². The molecule has 8 nitrogen and oxygen atoms in total. The maximum atomic E-state index is 13.0. The largest absolute Gasteiger partial charge is 0.480 e. The number of nitrogens with one attached hydrogen (secondary N) is 1. The molecule has 0 heterocycles. The Morgan fingerprint density at radius 3 is 2.06 bits per heavy atom. The summed E-state index contributed by atoms with van der Waals surface area (Å²) in [7, 11) is -4.70. The summed E-state index contributed by atoms with van der Waals surface area (Å²) in [5, 5.41) is 12.2. The minimum absolute atomic E-state index is 0.0216. The van der Waals surface area contributed by atoms with Crippen LogP contribution < -0.4 is 5.32 Å². The maximum Gasteiger partial charge on any atom is 0.403 e. The van der Waals surface area contributed by atoms with Crippen molar-refractivity contribution in [2.45, 2.75) is 52.1 Å². The van der Waals surface area contributed by atoms with Crippen LogP contribution in [0, 0.1) is 5.92 Å². The van der Waals surface area contributed by atoms with E-state index in [1.807, 2.05) is 68.4 Å². The number of benzene rings is 2. The Bertz CT molecular complexity index is 959. The number of carbonyl (C=O) groups is 2. The van der Waals surface area contributed by atoms with Gasteiger partial charge in [-0.2, -0.15) is 4.67 Å². The van der Waals surface area contributed by atoms with Crippen LogP contribution in [-0.2, 0) is 20.6 Å². The second-order valence-corrected chi connectivity index (χ2v) is 10.0. The van der Waals surface area contributed by atoms with Gasteiger partial charge < -0.3 is 20.2 Å². The monoisotopic (exact) mass is 476 g/mol. The van der Waals surface area contributed by atoms with E-state index in [-0.39, 0.29) is 25.3 Å². The molecule has 180 valence electrons. The fourth-order valence-corrected chi connectivity index (χ4v) is 4.70. The minimum atomic E-state index is -4.70. The average molecular weight is 477 g/mol. The van der Waals surface area contributed by atoms with Crippen LogP contribution in [-0.4, -0.2) is 50.1 Å². The van der Waals surface area contributed by atoms with E-state index in [4.69, 9.17) is 0 Å². The average Bonchev–Trinajstić information content (AvgIpc) is 2.75. The fraction of sp³-hybridized carbons (Fsp3) is 0.417. The van der Waals surface area contributed by atoms with Crippen LogP contribution in [0.25, 0.3) is 11.1 Å². The molecule has 9 heteroatoms. The molecular weight excluding hydrogens is 443 g/mol. The van der Waals surface area contributed by atoms with Gasteiger partial charge in [-0.1, -0.05) is 75.4 Å². The van der Waals surface area contributed by atoms with Crippen molar-refractivity contribution in [2.75, 3.05) is 6.54 Å². The summed E-state index contributed by atoms with van der Waals surface area (Å²) in [6.45, 7) is 5.46. The van der Waals surface area contributed by atoms with E-state index in [9.17, 15) is 29.0 Å². The zero-order chi connectivity index (χ0) is 24.6. The molecular formula is C24H33N2O6P. The predicted molar refractivity (Wildman–Crippen MR) is 127 cm³/mol. The number of carboxylic acids is 1. The molecule has 0 spiro atoms. The Balaban J connectivity index is 2.19. The highest BCUT2D eigenvalue weighted by atomic mass is 31.2. The lowest BCUT2D eigenvalue weighted by atomic mass is 9.99. The van der Waals surface area contributed by atoms with Crippen LogP contribution in [0.2, 0.25) is 0 Å². The highest BCUT2D eigenvalue weighted by molar-refractivity contribution is 7.49. The van der Waals surface area contributed by atoms with Gasteiger partial charge in [0.05, 0.1) is 6.04 Å². The number of hydrogen-bond donors (Lipinski definition) is 4. The number of carbonyl (C=O) groups excluding carboxylic acids is 1. The van der Waals surface area contributed by atoms with Crippen LogP contribution in [0.5, 0.6) is 0 Å². The molecule has 0 aliphatic rings.